The van der Waals surface area contributed by atoms with E-state index in [-0.39, 0.29) is 0 Å². The molecule has 0 saturated heterocycles. The molecular formula is C22H31NO3. The van der Waals surface area contributed by atoms with Gasteiger partial charge in [-0.1, -0.05) is 44.2 Å². The molecule has 2 aromatic carbocycles. The van der Waals surface area contributed by atoms with E-state index in [1.54, 1.807) is 7.11 Å². The van der Waals surface area contributed by atoms with Crippen LogP contribution in [0, 0.1) is 5.92 Å². The van der Waals surface area contributed by atoms with Gasteiger partial charge in [-0.25, -0.2) is 0 Å². The number of aliphatic hydroxyl groups excluding tert-OH is 1. The van der Waals surface area contributed by atoms with Gasteiger partial charge >= 0.3 is 0 Å². The van der Waals surface area contributed by atoms with Crippen molar-refractivity contribution in [1.29, 1.82) is 0 Å². The van der Waals surface area contributed by atoms with E-state index in [9.17, 15) is 5.11 Å². The van der Waals surface area contributed by atoms with Gasteiger partial charge in [0.25, 0.3) is 0 Å². The summed E-state index contributed by atoms with van der Waals surface area (Å²) in [6.07, 6.45) is 0.559. The van der Waals surface area contributed by atoms with Crippen LogP contribution < -0.4 is 9.47 Å². The molecule has 0 bridgehead atoms. The predicted octanol–water partition coefficient (Wildman–Crippen LogP) is 3.98. The number of hydrogen-bond donors (Lipinski definition) is 1. The summed E-state index contributed by atoms with van der Waals surface area (Å²) in [5, 5.41) is 10.4. The smallest absolute Gasteiger partial charge is 0.119 e. The molecule has 0 saturated carbocycles. The van der Waals surface area contributed by atoms with Crippen molar-refractivity contribution in [2.75, 3.05) is 26.8 Å². The normalized spacial score (nSPS) is 12.4. The largest absolute Gasteiger partial charge is 0.497 e. The summed E-state index contributed by atoms with van der Waals surface area (Å²) >= 11 is 0. The van der Waals surface area contributed by atoms with Gasteiger partial charge in [0.1, 0.15) is 24.2 Å². The van der Waals surface area contributed by atoms with E-state index in [0.717, 1.165) is 31.0 Å². The third-order valence-corrected chi connectivity index (χ3v) is 4.22. The maximum absolute atomic E-state index is 10.4. The molecule has 0 unspecified atom stereocenters. The second kappa shape index (κ2) is 10.8. The van der Waals surface area contributed by atoms with Crippen LogP contribution in [0.5, 0.6) is 11.5 Å². The van der Waals surface area contributed by atoms with Gasteiger partial charge in [0.15, 0.2) is 0 Å². The average Bonchev–Trinajstić information content (AvgIpc) is 2.65. The molecule has 4 nitrogen and oxygen atoms in total. The Balaban J connectivity index is 1.92. The minimum absolute atomic E-state index is 0.292. The minimum atomic E-state index is -0.534. The summed E-state index contributed by atoms with van der Waals surface area (Å²) in [4.78, 5) is 2.29. The van der Waals surface area contributed by atoms with Gasteiger partial charge in [0.2, 0.25) is 0 Å². The SMILES string of the molecule is COc1cccc(CN(CCC(C)C)C[C@@H](O)COc2ccccc2)c1. The maximum Gasteiger partial charge on any atom is 0.119 e. The molecule has 0 amide bonds. The molecule has 0 radical (unpaired) electrons. The summed E-state index contributed by atoms with van der Waals surface area (Å²) in [7, 11) is 1.68. The molecule has 142 valence electrons. The number of benzene rings is 2. The summed E-state index contributed by atoms with van der Waals surface area (Å²) < 4.78 is 11.0. The van der Waals surface area contributed by atoms with Gasteiger partial charge in [-0.3, -0.25) is 4.90 Å². The molecule has 0 aliphatic heterocycles. The molecule has 0 spiro atoms. The molecule has 1 N–H and O–H groups in total. The Labute approximate surface area is 157 Å². The summed E-state index contributed by atoms with van der Waals surface area (Å²) in [5.41, 5.74) is 1.18. The van der Waals surface area contributed by atoms with Crippen molar-refractivity contribution < 1.29 is 14.6 Å². The molecule has 0 aliphatic carbocycles. The second-order valence-corrected chi connectivity index (χ2v) is 7.05. The van der Waals surface area contributed by atoms with E-state index in [1.165, 1.54) is 5.56 Å². The van der Waals surface area contributed by atoms with Crippen LogP contribution in [0.4, 0.5) is 0 Å². The first-order valence-corrected chi connectivity index (χ1v) is 9.28. The number of methoxy groups -OCH3 is 1. The molecule has 2 aromatic rings. The lowest BCUT2D eigenvalue weighted by Gasteiger charge is -2.26. The number of aliphatic hydroxyl groups is 1. The topological polar surface area (TPSA) is 41.9 Å². The Hall–Kier alpha value is -2.04. The van der Waals surface area contributed by atoms with Gasteiger partial charge in [-0.05, 0) is 48.7 Å². The highest BCUT2D eigenvalue weighted by Gasteiger charge is 2.14. The van der Waals surface area contributed by atoms with Crippen molar-refractivity contribution in [2.45, 2.75) is 32.9 Å². The van der Waals surface area contributed by atoms with Crippen molar-refractivity contribution in [3.63, 3.8) is 0 Å². The van der Waals surface area contributed by atoms with Crippen LogP contribution in [0.2, 0.25) is 0 Å². The van der Waals surface area contributed by atoms with Gasteiger partial charge < -0.3 is 14.6 Å². The highest BCUT2D eigenvalue weighted by molar-refractivity contribution is 5.28. The van der Waals surface area contributed by atoms with Crippen LogP contribution in [-0.4, -0.2) is 42.9 Å². The van der Waals surface area contributed by atoms with Crippen LogP contribution in [0.3, 0.4) is 0 Å². The number of ether oxygens (including phenoxy) is 2. The van der Waals surface area contributed by atoms with E-state index in [4.69, 9.17) is 9.47 Å². The lowest BCUT2D eigenvalue weighted by molar-refractivity contribution is 0.0639. The van der Waals surface area contributed by atoms with Gasteiger partial charge in [0, 0.05) is 13.1 Å². The molecule has 0 heterocycles. The number of hydrogen-bond acceptors (Lipinski definition) is 4. The Morgan fingerprint density at radius 1 is 1.00 bits per heavy atom. The van der Waals surface area contributed by atoms with Crippen LogP contribution in [0.25, 0.3) is 0 Å². The second-order valence-electron chi connectivity index (χ2n) is 7.05. The predicted molar refractivity (Wildman–Crippen MR) is 106 cm³/mol. The van der Waals surface area contributed by atoms with Crippen molar-refractivity contribution in [1.82, 2.24) is 4.90 Å². The molecule has 2 rings (SSSR count). The number of rotatable bonds is 11. The van der Waals surface area contributed by atoms with E-state index in [2.05, 4.69) is 30.9 Å². The van der Waals surface area contributed by atoms with Crippen molar-refractivity contribution in [3.05, 3.63) is 60.2 Å². The maximum atomic E-state index is 10.4. The van der Waals surface area contributed by atoms with Crippen LogP contribution in [0.15, 0.2) is 54.6 Å². The lowest BCUT2D eigenvalue weighted by atomic mass is 10.1. The van der Waals surface area contributed by atoms with Gasteiger partial charge in [0.05, 0.1) is 7.11 Å². The lowest BCUT2D eigenvalue weighted by Crippen LogP contribution is -2.36. The number of nitrogens with zero attached hydrogens (tertiary/aromatic N) is 1. The molecule has 0 aliphatic rings. The number of para-hydroxylation sites is 1. The fourth-order valence-corrected chi connectivity index (χ4v) is 2.76. The standard InChI is InChI=1S/C22H31NO3/c1-18(2)12-13-23(15-19-8-7-11-22(14-19)25-3)16-20(24)17-26-21-9-5-4-6-10-21/h4-11,14,18,20,24H,12-13,15-17H2,1-3H3/t20-/m1/s1. The van der Waals surface area contributed by atoms with Crippen LogP contribution >= 0.6 is 0 Å². The Bertz CT molecular complexity index is 630. The Morgan fingerprint density at radius 2 is 1.73 bits per heavy atom. The van der Waals surface area contributed by atoms with E-state index in [1.807, 2.05) is 42.5 Å². The third-order valence-electron chi connectivity index (χ3n) is 4.22. The molecule has 4 heteroatoms. The first-order chi connectivity index (χ1) is 12.6. The molecular weight excluding hydrogens is 326 g/mol. The van der Waals surface area contributed by atoms with Crippen LogP contribution in [-0.2, 0) is 6.54 Å². The fourth-order valence-electron chi connectivity index (χ4n) is 2.76. The molecule has 1 atom stereocenters. The minimum Gasteiger partial charge on any atom is -0.497 e. The van der Waals surface area contributed by atoms with Crippen LogP contribution in [0.1, 0.15) is 25.8 Å². The Morgan fingerprint density at radius 3 is 2.42 bits per heavy atom. The fraction of sp³-hybridized carbons (Fsp3) is 0.455. The monoisotopic (exact) mass is 357 g/mol. The zero-order valence-corrected chi connectivity index (χ0v) is 16.1. The molecule has 26 heavy (non-hydrogen) atoms. The summed E-state index contributed by atoms with van der Waals surface area (Å²) in [6.45, 7) is 7.04. The highest BCUT2D eigenvalue weighted by atomic mass is 16.5. The van der Waals surface area contributed by atoms with E-state index in [0.29, 0.717) is 19.1 Å². The first kappa shape index (κ1) is 20.3. The van der Waals surface area contributed by atoms with Gasteiger partial charge in [-0.15, -0.1) is 0 Å². The third kappa shape index (κ3) is 7.46. The van der Waals surface area contributed by atoms with E-state index >= 15 is 0 Å². The molecule has 0 aromatic heterocycles. The van der Waals surface area contributed by atoms with E-state index < -0.39 is 6.10 Å². The van der Waals surface area contributed by atoms with Crippen molar-refractivity contribution >= 4 is 0 Å². The quantitative estimate of drug-likeness (QED) is 0.660. The van der Waals surface area contributed by atoms with Crippen molar-refractivity contribution in [3.8, 4) is 11.5 Å². The average molecular weight is 357 g/mol. The summed E-state index contributed by atoms with van der Waals surface area (Å²) in [5.74, 6) is 2.27. The van der Waals surface area contributed by atoms with Gasteiger partial charge in [-0.2, -0.15) is 0 Å². The zero-order chi connectivity index (χ0) is 18.8. The Kier molecular flexibility index (Phi) is 8.45. The van der Waals surface area contributed by atoms with Crippen molar-refractivity contribution in [2.24, 2.45) is 5.92 Å². The molecule has 0 fully saturated rings. The summed E-state index contributed by atoms with van der Waals surface area (Å²) in [6, 6.07) is 17.7. The highest BCUT2D eigenvalue weighted by Crippen LogP contribution is 2.16. The first-order valence-electron chi connectivity index (χ1n) is 9.28. The zero-order valence-electron chi connectivity index (χ0n) is 16.1.